The molecule has 0 spiro atoms. The van der Waals surface area contributed by atoms with Gasteiger partial charge in [-0.3, -0.25) is 0 Å². The van der Waals surface area contributed by atoms with Gasteiger partial charge in [0.05, 0.1) is 11.7 Å². The normalized spacial score (nSPS) is 16.5. The smallest absolute Gasteiger partial charge is 0.0805 e. The molecule has 0 radical (unpaired) electrons. The SMILES string of the molecule is C1=C(c2ccccc2)N2c3c(ccc4ccccc34)-c3c(ccc4ccccc34)C12. The summed E-state index contributed by atoms with van der Waals surface area (Å²) < 4.78 is 0. The van der Waals surface area contributed by atoms with E-state index in [2.05, 4.69) is 114 Å². The quantitative estimate of drug-likeness (QED) is 0.289. The molecule has 1 unspecified atom stereocenters. The molecule has 7 rings (SSSR count). The minimum absolute atomic E-state index is 0.276. The molecule has 5 aromatic rings. The third kappa shape index (κ3) is 2.02. The molecule has 140 valence electrons. The summed E-state index contributed by atoms with van der Waals surface area (Å²) >= 11 is 0. The van der Waals surface area contributed by atoms with Gasteiger partial charge in [0.2, 0.25) is 0 Å². The molecule has 2 aliphatic rings. The van der Waals surface area contributed by atoms with E-state index >= 15 is 0 Å². The number of rotatable bonds is 1. The maximum atomic E-state index is 2.55. The Morgan fingerprint density at radius 2 is 1.23 bits per heavy atom. The lowest BCUT2D eigenvalue weighted by molar-refractivity contribution is 0.795. The summed E-state index contributed by atoms with van der Waals surface area (Å²) in [6.45, 7) is 0. The van der Waals surface area contributed by atoms with Gasteiger partial charge in [-0.2, -0.15) is 0 Å². The average molecular weight is 381 g/mol. The highest BCUT2D eigenvalue weighted by Gasteiger charge is 2.40. The molecular formula is C29H19N. The summed E-state index contributed by atoms with van der Waals surface area (Å²) in [6.07, 6.45) is 2.42. The van der Waals surface area contributed by atoms with Gasteiger partial charge in [0.15, 0.2) is 0 Å². The molecule has 2 heterocycles. The van der Waals surface area contributed by atoms with Crippen molar-refractivity contribution in [2.45, 2.75) is 6.04 Å². The van der Waals surface area contributed by atoms with Gasteiger partial charge in [-0.05, 0) is 38.9 Å². The zero-order chi connectivity index (χ0) is 19.7. The van der Waals surface area contributed by atoms with E-state index in [9.17, 15) is 0 Å². The maximum absolute atomic E-state index is 2.55. The van der Waals surface area contributed by atoms with Crippen molar-refractivity contribution >= 4 is 32.9 Å². The van der Waals surface area contributed by atoms with Gasteiger partial charge in [0.1, 0.15) is 0 Å². The number of hydrogen-bond acceptors (Lipinski definition) is 1. The van der Waals surface area contributed by atoms with Gasteiger partial charge in [0.25, 0.3) is 0 Å². The number of benzene rings is 5. The Labute approximate surface area is 175 Å². The fraction of sp³-hybridized carbons (Fsp3) is 0.0345. The molecule has 1 heteroatoms. The predicted molar refractivity (Wildman–Crippen MR) is 127 cm³/mol. The Hall–Kier alpha value is -3.84. The van der Waals surface area contributed by atoms with Gasteiger partial charge in [-0.1, -0.05) is 103 Å². The zero-order valence-electron chi connectivity index (χ0n) is 16.4. The lowest BCUT2D eigenvalue weighted by Gasteiger charge is -2.47. The van der Waals surface area contributed by atoms with Crippen LogP contribution in [0.5, 0.6) is 0 Å². The van der Waals surface area contributed by atoms with Crippen molar-refractivity contribution in [1.82, 2.24) is 0 Å². The van der Waals surface area contributed by atoms with Crippen LogP contribution in [-0.2, 0) is 0 Å². The lowest BCUT2D eigenvalue weighted by Crippen LogP contribution is -2.37. The average Bonchev–Trinajstić information content (AvgIpc) is 2.79. The standard InChI is InChI=1S/C29H19N/c1-2-10-21(11-3-1)26-18-27-24-16-14-19-8-4-6-12-22(19)28(24)25-17-15-20-9-5-7-13-23(20)29(25)30(26)27/h1-18,27H. The van der Waals surface area contributed by atoms with Gasteiger partial charge in [-0.15, -0.1) is 0 Å². The van der Waals surface area contributed by atoms with E-state index < -0.39 is 0 Å². The van der Waals surface area contributed by atoms with E-state index in [1.54, 1.807) is 0 Å². The third-order valence-corrected chi connectivity index (χ3v) is 6.61. The van der Waals surface area contributed by atoms with Crippen LogP contribution >= 0.6 is 0 Å². The molecule has 30 heavy (non-hydrogen) atoms. The van der Waals surface area contributed by atoms with E-state index in [4.69, 9.17) is 0 Å². The highest BCUT2D eigenvalue weighted by molar-refractivity contribution is 6.14. The van der Waals surface area contributed by atoms with Gasteiger partial charge in [-0.25, -0.2) is 0 Å². The molecule has 0 fully saturated rings. The minimum atomic E-state index is 0.276. The van der Waals surface area contributed by atoms with Crippen LogP contribution in [0.3, 0.4) is 0 Å². The van der Waals surface area contributed by atoms with Gasteiger partial charge in [0, 0.05) is 16.6 Å². The summed E-state index contributed by atoms with van der Waals surface area (Å²) in [6, 6.07) is 37.7. The number of anilines is 1. The number of fused-ring (bicyclic) bond motifs is 10. The second-order valence-corrected chi connectivity index (χ2v) is 8.17. The molecule has 1 nitrogen and oxygen atoms in total. The molecule has 2 aliphatic heterocycles. The predicted octanol–water partition coefficient (Wildman–Crippen LogP) is 7.58. The topological polar surface area (TPSA) is 3.24 Å². The number of hydrogen-bond donors (Lipinski definition) is 0. The van der Waals surface area contributed by atoms with Crippen molar-refractivity contribution in [3.63, 3.8) is 0 Å². The van der Waals surface area contributed by atoms with Gasteiger partial charge < -0.3 is 4.90 Å². The molecular weight excluding hydrogens is 362 g/mol. The number of nitrogens with zero attached hydrogens (tertiary/aromatic N) is 1. The van der Waals surface area contributed by atoms with E-state index in [1.807, 2.05) is 0 Å². The first-order valence-electron chi connectivity index (χ1n) is 10.5. The Kier molecular flexibility index (Phi) is 3.12. The molecule has 0 saturated heterocycles. The minimum Gasteiger partial charge on any atom is -0.329 e. The van der Waals surface area contributed by atoms with E-state index in [-0.39, 0.29) is 6.04 Å². The zero-order valence-corrected chi connectivity index (χ0v) is 16.4. The fourth-order valence-corrected chi connectivity index (χ4v) is 5.26. The van der Waals surface area contributed by atoms with Gasteiger partial charge >= 0.3 is 0 Å². The fourth-order valence-electron chi connectivity index (χ4n) is 5.26. The van der Waals surface area contributed by atoms with E-state index in [0.717, 1.165) is 0 Å². The molecule has 0 amide bonds. The second-order valence-electron chi connectivity index (χ2n) is 8.17. The van der Waals surface area contributed by atoms with Crippen LogP contribution in [0.4, 0.5) is 5.69 Å². The van der Waals surface area contributed by atoms with Crippen molar-refractivity contribution in [3.05, 3.63) is 120 Å². The Morgan fingerprint density at radius 3 is 2.07 bits per heavy atom. The summed E-state index contributed by atoms with van der Waals surface area (Å²) in [5, 5.41) is 5.25. The molecule has 0 saturated carbocycles. The Bertz CT molecular complexity index is 1490. The lowest BCUT2D eigenvalue weighted by atomic mass is 9.79. The Morgan fingerprint density at radius 1 is 0.567 bits per heavy atom. The highest BCUT2D eigenvalue weighted by Crippen LogP contribution is 2.57. The van der Waals surface area contributed by atoms with Crippen molar-refractivity contribution in [1.29, 1.82) is 0 Å². The molecule has 0 bridgehead atoms. The summed E-state index contributed by atoms with van der Waals surface area (Å²) in [7, 11) is 0. The first kappa shape index (κ1) is 16.0. The van der Waals surface area contributed by atoms with Crippen LogP contribution in [0.1, 0.15) is 17.2 Å². The van der Waals surface area contributed by atoms with Crippen LogP contribution in [0.25, 0.3) is 38.4 Å². The van der Waals surface area contributed by atoms with Crippen LogP contribution < -0.4 is 4.90 Å². The van der Waals surface area contributed by atoms with Crippen LogP contribution in [0.2, 0.25) is 0 Å². The van der Waals surface area contributed by atoms with Crippen molar-refractivity contribution in [2.24, 2.45) is 0 Å². The van der Waals surface area contributed by atoms with Crippen LogP contribution in [0, 0.1) is 0 Å². The van der Waals surface area contributed by atoms with E-state index in [1.165, 1.54) is 55.2 Å². The Balaban J connectivity index is 1.61. The van der Waals surface area contributed by atoms with E-state index in [0.29, 0.717) is 0 Å². The molecule has 0 N–H and O–H groups in total. The molecule has 1 atom stereocenters. The molecule has 0 aromatic heterocycles. The first-order chi connectivity index (χ1) is 14.9. The molecule has 5 aromatic carbocycles. The summed E-state index contributed by atoms with van der Waals surface area (Å²) in [4.78, 5) is 2.55. The van der Waals surface area contributed by atoms with Crippen molar-refractivity contribution in [2.75, 3.05) is 4.90 Å². The van der Waals surface area contributed by atoms with Crippen LogP contribution in [0.15, 0.2) is 109 Å². The largest absolute Gasteiger partial charge is 0.329 e. The van der Waals surface area contributed by atoms with Crippen molar-refractivity contribution in [3.8, 4) is 11.1 Å². The third-order valence-electron chi connectivity index (χ3n) is 6.61. The van der Waals surface area contributed by atoms with Crippen LogP contribution in [-0.4, -0.2) is 0 Å². The second kappa shape index (κ2) is 5.84. The maximum Gasteiger partial charge on any atom is 0.0805 e. The monoisotopic (exact) mass is 381 g/mol. The highest BCUT2D eigenvalue weighted by atomic mass is 15.2. The first-order valence-corrected chi connectivity index (χ1v) is 10.5. The summed E-state index contributed by atoms with van der Waals surface area (Å²) in [5.41, 5.74) is 8.03. The van der Waals surface area contributed by atoms with Crippen molar-refractivity contribution < 1.29 is 0 Å². The molecule has 0 aliphatic carbocycles. The summed E-state index contributed by atoms with van der Waals surface area (Å²) in [5.74, 6) is 0.